The number of fused-ring (bicyclic) bond motifs is 1. The van der Waals surface area contributed by atoms with Crippen LogP contribution in [0.2, 0.25) is 0 Å². The summed E-state index contributed by atoms with van der Waals surface area (Å²) in [5.41, 5.74) is 1.91. The Morgan fingerprint density at radius 1 is 1.23 bits per heavy atom. The minimum atomic E-state index is -0.414. The van der Waals surface area contributed by atoms with Crippen molar-refractivity contribution < 1.29 is 23.7 Å². The van der Waals surface area contributed by atoms with Crippen molar-refractivity contribution in [2.75, 3.05) is 25.5 Å². The molecule has 1 N–H and O–H groups in total. The standard InChI is InChI=1S/C26H28N4O5/c1-32-19-10-11-22-21(13-19)25(29-17-28-22)27-12-6-5-9-20-14-30(26(31)34-20)24-16-33-15-23(35-24)18-7-3-2-4-8-18/h2-3,7,10-11,13,15-17,20H,4-6,8-9,12,14H2,1H3,(H,27,28,29)/t20-/m1/s1. The number of unbranched alkanes of at least 4 members (excludes halogenated alkanes) is 1. The molecule has 2 aliphatic heterocycles. The van der Waals surface area contributed by atoms with Crippen molar-refractivity contribution in [1.29, 1.82) is 0 Å². The summed E-state index contributed by atoms with van der Waals surface area (Å²) in [4.78, 5) is 22.6. The Balaban J connectivity index is 1.09. The molecule has 1 saturated heterocycles. The molecule has 1 aromatic carbocycles. The van der Waals surface area contributed by atoms with Gasteiger partial charge in [-0.25, -0.2) is 19.7 Å². The van der Waals surface area contributed by atoms with Crippen LogP contribution >= 0.6 is 0 Å². The predicted molar refractivity (Wildman–Crippen MR) is 130 cm³/mol. The number of hydrogen-bond acceptors (Lipinski definition) is 8. The number of nitrogens with one attached hydrogen (secondary N) is 1. The van der Waals surface area contributed by atoms with Crippen molar-refractivity contribution in [3.8, 4) is 5.75 Å². The van der Waals surface area contributed by atoms with Crippen LogP contribution in [0.5, 0.6) is 5.75 Å². The highest BCUT2D eigenvalue weighted by Gasteiger charge is 2.36. The second-order valence-electron chi connectivity index (χ2n) is 8.48. The summed E-state index contributed by atoms with van der Waals surface area (Å²) in [5.74, 6) is 2.53. The van der Waals surface area contributed by atoms with Gasteiger partial charge in [0.05, 0.1) is 19.2 Å². The summed E-state index contributed by atoms with van der Waals surface area (Å²) in [5, 5.41) is 4.30. The van der Waals surface area contributed by atoms with Crippen LogP contribution in [0.4, 0.5) is 10.6 Å². The quantitative estimate of drug-likeness (QED) is 0.505. The highest BCUT2D eigenvalue weighted by atomic mass is 16.6. The predicted octanol–water partition coefficient (Wildman–Crippen LogP) is 5.00. The number of allylic oxidation sites excluding steroid dienone is 4. The van der Waals surface area contributed by atoms with Crippen molar-refractivity contribution in [3.63, 3.8) is 0 Å². The van der Waals surface area contributed by atoms with Crippen molar-refractivity contribution in [2.24, 2.45) is 0 Å². The zero-order valence-corrected chi connectivity index (χ0v) is 19.6. The maximum atomic E-state index is 12.5. The van der Waals surface area contributed by atoms with E-state index in [1.54, 1.807) is 19.7 Å². The molecule has 2 aromatic rings. The van der Waals surface area contributed by atoms with Gasteiger partial charge in [0, 0.05) is 11.9 Å². The van der Waals surface area contributed by atoms with Gasteiger partial charge in [-0.3, -0.25) is 0 Å². The van der Waals surface area contributed by atoms with Crippen LogP contribution in [-0.4, -0.2) is 47.3 Å². The Labute approximate surface area is 203 Å². The maximum absolute atomic E-state index is 12.5. The molecule has 1 amide bonds. The molecule has 0 radical (unpaired) electrons. The van der Waals surface area contributed by atoms with E-state index in [9.17, 15) is 4.79 Å². The van der Waals surface area contributed by atoms with Gasteiger partial charge in [-0.2, -0.15) is 0 Å². The van der Waals surface area contributed by atoms with Crippen molar-refractivity contribution in [1.82, 2.24) is 14.9 Å². The number of amides is 1. The molecule has 0 saturated carbocycles. The van der Waals surface area contributed by atoms with E-state index in [0.717, 1.165) is 66.7 Å². The van der Waals surface area contributed by atoms with Crippen LogP contribution in [-0.2, 0) is 14.2 Å². The van der Waals surface area contributed by atoms with Crippen LogP contribution in [0.25, 0.3) is 10.9 Å². The molecule has 5 rings (SSSR count). The molecule has 1 aromatic heterocycles. The molecule has 1 fully saturated rings. The first-order valence-electron chi connectivity index (χ1n) is 11.8. The molecule has 0 unspecified atom stereocenters. The van der Waals surface area contributed by atoms with Gasteiger partial charge in [-0.15, -0.1) is 0 Å². The lowest BCUT2D eigenvalue weighted by atomic mass is 10.0. The van der Waals surface area contributed by atoms with Crippen LogP contribution in [0.3, 0.4) is 0 Å². The van der Waals surface area contributed by atoms with Crippen molar-refractivity contribution in [3.05, 3.63) is 72.5 Å². The Hall–Kier alpha value is -4.01. The molecule has 9 heteroatoms. The third kappa shape index (κ3) is 5.24. The second kappa shape index (κ2) is 10.5. The Morgan fingerprint density at radius 3 is 3.03 bits per heavy atom. The van der Waals surface area contributed by atoms with Gasteiger partial charge in [0.2, 0.25) is 5.88 Å². The normalized spacial score (nSPS) is 19.3. The van der Waals surface area contributed by atoms with Gasteiger partial charge in [-0.1, -0.05) is 18.2 Å². The highest BCUT2D eigenvalue weighted by Crippen LogP contribution is 2.30. The van der Waals surface area contributed by atoms with Crippen molar-refractivity contribution in [2.45, 2.75) is 38.2 Å². The van der Waals surface area contributed by atoms with E-state index in [1.807, 2.05) is 30.4 Å². The molecular formula is C26H28N4O5. The van der Waals surface area contributed by atoms with E-state index >= 15 is 0 Å². The number of ether oxygens (including phenoxy) is 4. The molecule has 3 aliphatic rings. The summed E-state index contributed by atoms with van der Waals surface area (Å²) in [6.45, 7) is 1.18. The first-order chi connectivity index (χ1) is 17.2. The number of carbonyl (C=O) groups is 1. The number of rotatable bonds is 9. The average Bonchev–Trinajstić information content (AvgIpc) is 3.29. The van der Waals surface area contributed by atoms with E-state index in [2.05, 4.69) is 21.4 Å². The number of aromatic nitrogens is 2. The molecule has 9 nitrogen and oxygen atoms in total. The van der Waals surface area contributed by atoms with E-state index in [-0.39, 0.29) is 6.10 Å². The van der Waals surface area contributed by atoms with E-state index in [4.69, 9.17) is 18.9 Å². The Bertz CT molecular complexity index is 1220. The van der Waals surface area contributed by atoms with E-state index < -0.39 is 6.09 Å². The lowest BCUT2D eigenvalue weighted by Crippen LogP contribution is -2.27. The Morgan fingerprint density at radius 2 is 2.17 bits per heavy atom. The number of anilines is 1. The highest BCUT2D eigenvalue weighted by molar-refractivity contribution is 5.89. The molecule has 0 spiro atoms. The van der Waals surface area contributed by atoms with E-state index in [1.165, 1.54) is 11.2 Å². The van der Waals surface area contributed by atoms with Crippen LogP contribution in [0.1, 0.15) is 32.1 Å². The Kier molecular flexibility index (Phi) is 6.83. The second-order valence-corrected chi connectivity index (χ2v) is 8.48. The molecule has 35 heavy (non-hydrogen) atoms. The fraction of sp³-hybridized carbons (Fsp3) is 0.346. The fourth-order valence-electron chi connectivity index (χ4n) is 4.24. The number of hydrogen-bond donors (Lipinski definition) is 1. The zero-order valence-electron chi connectivity index (χ0n) is 19.6. The molecule has 0 bridgehead atoms. The van der Waals surface area contributed by atoms with Gasteiger partial charge in [0.25, 0.3) is 0 Å². The zero-order chi connectivity index (χ0) is 24.0. The summed E-state index contributed by atoms with van der Waals surface area (Å²) < 4.78 is 22.3. The first-order valence-corrected chi connectivity index (χ1v) is 11.8. The monoisotopic (exact) mass is 476 g/mol. The topological polar surface area (TPSA) is 95.0 Å². The smallest absolute Gasteiger partial charge is 0.417 e. The molecule has 1 atom stereocenters. The third-order valence-corrected chi connectivity index (χ3v) is 6.12. The first kappa shape index (κ1) is 22.8. The summed E-state index contributed by atoms with van der Waals surface area (Å²) in [7, 11) is 1.64. The van der Waals surface area contributed by atoms with Crippen LogP contribution in [0, 0.1) is 0 Å². The van der Waals surface area contributed by atoms with E-state index in [0.29, 0.717) is 18.2 Å². The number of nitrogens with zero attached hydrogens (tertiary/aromatic N) is 3. The average molecular weight is 477 g/mol. The summed E-state index contributed by atoms with van der Waals surface area (Å²) in [6.07, 6.45) is 14.4. The minimum absolute atomic E-state index is 0.192. The summed E-state index contributed by atoms with van der Waals surface area (Å²) in [6, 6.07) is 5.73. The number of carbonyl (C=O) groups excluding carboxylic acids is 1. The van der Waals surface area contributed by atoms with Crippen molar-refractivity contribution >= 4 is 22.8 Å². The van der Waals surface area contributed by atoms with Gasteiger partial charge in [0.15, 0.2) is 12.0 Å². The number of cyclic esters (lactones) is 1. The SMILES string of the molecule is COc1ccc2ncnc(NCCCC[C@@H]3CN(C4=COC=C(C5=CC=CCC5)O4)C(=O)O3)c2c1. The summed E-state index contributed by atoms with van der Waals surface area (Å²) >= 11 is 0. The molecule has 1 aliphatic carbocycles. The van der Waals surface area contributed by atoms with Gasteiger partial charge in [-0.05, 0) is 55.9 Å². The van der Waals surface area contributed by atoms with Crippen LogP contribution in [0.15, 0.2) is 72.5 Å². The van der Waals surface area contributed by atoms with Gasteiger partial charge >= 0.3 is 6.09 Å². The third-order valence-electron chi connectivity index (χ3n) is 6.12. The maximum Gasteiger partial charge on any atom is 0.417 e. The molecule has 182 valence electrons. The molecule has 3 heterocycles. The fourth-order valence-corrected chi connectivity index (χ4v) is 4.24. The van der Waals surface area contributed by atoms with Gasteiger partial charge in [0.1, 0.15) is 30.3 Å². The number of benzene rings is 1. The van der Waals surface area contributed by atoms with Crippen LogP contribution < -0.4 is 10.1 Å². The lowest BCUT2D eigenvalue weighted by molar-refractivity contribution is 0.116. The number of methoxy groups -OCH3 is 1. The lowest BCUT2D eigenvalue weighted by Gasteiger charge is -2.23. The minimum Gasteiger partial charge on any atom is -0.497 e. The van der Waals surface area contributed by atoms with Gasteiger partial charge < -0.3 is 24.3 Å². The largest absolute Gasteiger partial charge is 0.497 e. The molecular weight excluding hydrogens is 448 g/mol.